The lowest BCUT2D eigenvalue weighted by Crippen LogP contribution is -2.63. The number of nitrogens with one attached hydrogen (secondary N) is 1. The number of benzene rings is 2. The van der Waals surface area contributed by atoms with Crippen LogP contribution in [0.3, 0.4) is 0 Å². The van der Waals surface area contributed by atoms with Crippen LogP contribution in [0.5, 0.6) is 35.0 Å². The molecule has 8 rings (SSSR count). The second-order valence-corrected chi connectivity index (χ2v) is 17.2. The Morgan fingerprint density at radius 2 is 1.65 bits per heavy atom. The second kappa shape index (κ2) is 17.4. The molecule has 3 N–H and O–H groups in total. The molecule has 2 atom stereocenters. The number of carbonyl (C=O) groups is 3. The minimum atomic E-state index is -5.13. The molecule has 0 spiro atoms. The number of imidazole rings is 2. The fourth-order valence-corrected chi connectivity index (χ4v) is 7.91. The number of fused-ring (bicyclic) bond motifs is 2. The highest BCUT2D eigenvalue weighted by molar-refractivity contribution is 6.08. The van der Waals surface area contributed by atoms with Crippen LogP contribution in [-0.2, 0) is 17.9 Å². The molecule has 25 heteroatoms. The first-order chi connectivity index (χ1) is 31.9. The number of urea groups is 1. The lowest BCUT2D eigenvalue weighted by atomic mass is 10.1. The molecule has 2 saturated carbocycles. The molecular weight excluding hydrogens is 917 g/mol. The standard InChI is InChI=1S/C43H45F6N9O10/c1-6-50-24(2)22-57-31-33(53-37(57)66-26-8-7-9-28(20-26)67-42(44,45)46)55(4)39(62)58(5,35(31)60)19-17-41(14-15-41)64-23-25-10-11-27(21-29(25)68-43(47,48)49)65-36-51-30-32(52-36)54(3)38(61)56(34(30)59)18-16-40(63)12-13-40/h6-11,20-21,38,61,63H,1,12-19,22-23H2,2-5H3/p+1. The van der Waals surface area contributed by atoms with Gasteiger partial charge in [-0.2, -0.15) is 14.5 Å². The third-order valence-corrected chi connectivity index (χ3v) is 12.1. The quantitative estimate of drug-likeness (QED) is 0.0524. The van der Waals surface area contributed by atoms with E-state index in [0.29, 0.717) is 31.4 Å². The number of alkyl halides is 6. The number of quaternary nitrogens is 1. The molecule has 4 aromatic rings. The van der Waals surface area contributed by atoms with Crippen LogP contribution in [0.4, 0.5) is 42.8 Å². The Kier molecular flexibility index (Phi) is 12.2. The number of imide groups is 1. The van der Waals surface area contributed by atoms with Gasteiger partial charge in [0.1, 0.15) is 23.0 Å². The van der Waals surface area contributed by atoms with Gasteiger partial charge in [-0.1, -0.05) is 12.6 Å². The summed E-state index contributed by atoms with van der Waals surface area (Å²) in [5.74, 6) is -2.89. The monoisotopic (exact) mass is 962 g/mol. The van der Waals surface area contributed by atoms with Crippen LogP contribution in [-0.4, -0.2) is 127 Å². The van der Waals surface area contributed by atoms with Gasteiger partial charge in [-0.05, 0) is 63.3 Å². The Bertz CT molecular complexity index is 2680. The molecule has 2 unspecified atom stereocenters. The van der Waals surface area contributed by atoms with E-state index in [-0.39, 0.29) is 91.2 Å². The minimum Gasteiger partial charge on any atom is -0.425 e. The average molecular weight is 963 g/mol. The summed E-state index contributed by atoms with van der Waals surface area (Å²) in [6.45, 7) is 4.65. The van der Waals surface area contributed by atoms with Crippen LogP contribution in [0.1, 0.15) is 72.0 Å². The maximum atomic E-state index is 14.5. The molecule has 4 heterocycles. The Hall–Kier alpha value is -6.70. The van der Waals surface area contributed by atoms with Gasteiger partial charge in [-0.15, -0.1) is 26.3 Å². The third-order valence-electron chi connectivity index (χ3n) is 12.1. The first kappa shape index (κ1) is 47.8. The van der Waals surface area contributed by atoms with Crippen molar-refractivity contribution in [2.24, 2.45) is 4.99 Å². The predicted octanol–water partition coefficient (Wildman–Crippen LogP) is 6.97. The zero-order valence-electron chi connectivity index (χ0n) is 37.0. The maximum Gasteiger partial charge on any atom is 0.573 e. The van der Waals surface area contributed by atoms with Crippen LogP contribution in [0.25, 0.3) is 0 Å². The Labute approximate surface area is 383 Å². The summed E-state index contributed by atoms with van der Waals surface area (Å²) in [6.07, 6.45) is -7.83. The highest BCUT2D eigenvalue weighted by Gasteiger charge is 2.56. The summed E-state index contributed by atoms with van der Waals surface area (Å²) in [5, 5.41) is 21.1. The second-order valence-electron chi connectivity index (χ2n) is 17.2. The van der Waals surface area contributed by atoms with Gasteiger partial charge in [0.15, 0.2) is 23.0 Å². The van der Waals surface area contributed by atoms with Gasteiger partial charge in [0.05, 0.1) is 37.9 Å². The highest BCUT2D eigenvalue weighted by Crippen LogP contribution is 2.46. The van der Waals surface area contributed by atoms with Gasteiger partial charge in [0.2, 0.25) is 6.35 Å². The van der Waals surface area contributed by atoms with E-state index in [0.717, 1.165) is 28.0 Å². The zero-order valence-corrected chi connectivity index (χ0v) is 37.0. The van der Waals surface area contributed by atoms with Crippen molar-refractivity contribution >= 4 is 35.2 Å². The number of anilines is 2. The summed E-state index contributed by atoms with van der Waals surface area (Å²) in [5.41, 5.74) is -1.53. The minimum absolute atomic E-state index is 0.0240. The number of aliphatic hydroxyl groups is 2. The summed E-state index contributed by atoms with van der Waals surface area (Å²) < 4.78 is 107. The fraction of sp³-hybridized carbons (Fsp3) is 0.442. The van der Waals surface area contributed by atoms with Crippen LogP contribution < -0.4 is 28.7 Å². The maximum absolute atomic E-state index is 14.5. The molecule has 4 aliphatic rings. The van der Waals surface area contributed by atoms with Crippen molar-refractivity contribution < 1.29 is 79.1 Å². The van der Waals surface area contributed by atoms with Crippen LogP contribution in [0.2, 0.25) is 0 Å². The number of nitrogens with zero attached hydrogens (tertiary/aromatic N) is 8. The van der Waals surface area contributed by atoms with E-state index in [1.807, 2.05) is 0 Å². The lowest BCUT2D eigenvalue weighted by Gasteiger charge is -2.38. The Morgan fingerprint density at radius 3 is 2.31 bits per heavy atom. The smallest absolute Gasteiger partial charge is 0.425 e. The van der Waals surface area contributed by atoms with Crippen LogP contribution in [0, 0.1) is 0 Å². The summed E-state index contributed by atoms with van der Waals surface area (Å²) in [6, 6.07) is 7.06. The number of aliphatic imine (C=N–C) groups is 1. The van der Waals surface area contributed by atoms with E-state index in [9.17, 15) is 50.9 Å². The van der Waals surface area contributed by atoms with Gasteiger partial charge in [0.25, 0.3) is 5.91 Å². The number of aliphatic hydroxyl groups excluding tert-OH is 1. The molecule has 364 valence electrons. The van der Waals surface area contributed by atoms with E-state index in [4.69, 9.17) is 14.2 Å². The van der Waals surface area contributed by atoms with Gasteiger partial charge < -0.3 is 43.8 Å². The molecule has 0 radical (unpaired) electrons. The molecule has 4 amide bonds. The van der Waals surface area contributed by atoms with Gasteiger partial charge in [-0.3, -0.25) is 19.3 Å². The van der Waals surface area contributed by atoms with E-state index >= 15 is 0 Å². The SMILES string of the molecule is C=CN=C(C)Cn1c(Oc2cccc(OC(F)(F)F)c2)nc2c1C(=O)[N+](C)(CCC1(OCc3ccc(Oc4nc5c([nH]4)C(=O)N(CCC4(O)CC4)C(O)N5C)cc3OC(F)(F)F)CC1)C(=O)N2C. The molecule has 2 aromatic heterocycles. The van der Waals surface area contributed by atoms with E-state index in [1.54, 1.807) is 6.92 Å². The van der Waals surface area contributed by atoms with Gasteiger partial charge in [0, 0.05) is 56.7 Å². The molecular formula is C43H46F6N9O10+. The van der Waals surface area contributed by atoms with Crippen molar-refractivity contribution in [1.82, 2.24) is 24.4 Å². The number of aromatic amines is 1. The van der Waals surface area contributed by atoms with Crippen molar-refractivity contribution in [3.8, 4) is 35.0 Å². The topological polar surface area (TPSA) is 206 Å². The van der Waals surface area contributed by atoms with Gasteiger partial charge in [-0.25, -0.2) is 14.5 Å². The highest BCUT2D eigenvalue weighted by atomic mass is 19.4. The number of rotatable bonds is 18. The van der Waals surface area contributed by atoms with Crippen LogP contribution in [0.15, 0.2) is 60.2 Å². The van der Waals surface area contributed by atoms with Gasteiger partial charge >= 0.3 is 36.7 Å². The molecule has 68 heavy (non-hydrogen) atoms. The molecule has 2 fully saturated rings. The largest absolute Gasteiger partial charge is 0.573 e. The Balaban J connectivity index is 0.979. The fourth-order valence-electron chi connectivity index (χ4n) is 7.91. The third kappa shape index (κ3) is 9.95. The Morgan fingerprint density at radius 1 is 0.956 bits per heavy atom. The number of aromatic nitrogens is 4. The average Bonchev–Trinajstić information content (AvgIpc) is 4.12. The molecule has 0 bridgehead atoms. The summed E-state index contributed by atoms with van der Waals surface area (Å²) in [4.78, 5) is 61.0. The zero-order chi connectivity index (χ0) is 49.1. The molecule has 0 saturated heterocycles. The number of hydrogen-bond acceptors (Lipinski definition) is 14. The number of ether oxygens (including phenoxy) is 5. The predicted molar refractivity (Wildman–Crippen MR) is 225 cm³/mol. The first-order valence-corrected chi connectivity index (χ1v) is 21.1. The number of carbonyl (C=O) groups excluding carboxylic acids is 3. The van der Waals surface area contributed by atoms with Crippen LogP contribution >= 0.6 is 0 Å². The van der Waals surface area contributed by atoms with E-state index < -0.39 is 64.1 Å². The number of amides is 4. The number of H-pyrrole nitrogens is 1. The van der Waals surface area contributed by atoms with E-state index in [1.165, 1.54) is 61.1 Å². The first-order valence-electron chi connectivity index (χ1n) is 21.1. The van der Waals surface area contributed by atoms with E-state index in [2.05, 4.69) is 36.0 Å². The normalized spacial score (nSPS) is 20.8. The van der Waals surface area contributed by atoms with Crippen molar-refractivity contribution in [2.75, 3.05) is 44.0 Å². The molecule has 2 aliphatic heterocycles. The van der Waals surface area contributed by atoms with Crippen molar-refractivity contribution in [3.63, 3.8) is 0 Å². The van der Waals surface area contributed by atoms with Crippen molar-refractivity contribution in [3.05, 3.63) is 72.2 Å². The lowest BCUT2D eigenvalue weighted by molar-refractivity contribution is -0.745. The molecule has 19 nitrogen and oxygen atoms in total. The molecule has 2 aliphatic carbocycles. The number of hydrogen-bond donors (Lipinski definition) is 3. The summed E-state index contributed by atoms with van der Waals surface area (Å²) in [7, 11) is 4.27. The summed E-state index contributed by atoms with van der Waals surface area (Å²) >= 11 is 0. The number of halogens is 6. The molecule has 2 aromatic carbocycles. The van der Waals surface area contributed by atoms with Crippen molar-refractivity contribution in [2.45, 2.75) is 88.9 Å². The van der Waals surface area contributed by atoms with Crippen molar-refractivity contribution in [1.29, 1.82) is 0 Å².